The number of piperidine rings is 1. The van der Waals surface area contributed by atoms with Gasteiger partial charge < -0.3 is 19.9 Å². The topological polar surface area (TPSA) is 61.9 Å². The van der Waals surface area contributed by atoms with Gasteiger partial charge in [-0.3, -0.25) is 9.59 Å². The van der Waals surface area contributed by atoms with E-state index in [4.69, 9.17) is 4.74 Å². The van der Waals surface area contributed by atoms with E-state index >= 15 is 0 Å². The number of rotatable bonds is 7. The first-order chi connectivity index (χ1) is 13.5. The number of amides is 2. The van der Waals surface area contributed by atoms with Gasteiger partial charge >= 0.3 is 0 Å². The van der Waals surface area contributed by atoms with Gasteiger partial charge in [-0.05, 0) is 55.9 Å². The van der Waals surface area contributed by atoms with E-state index in [0.29, 0.717) is 13.1 Å². The van der Waals surface area contributed by atoms with Crippen molar-refractivity contribution in [1.82, 2.24) is 5.32 Å². The highest BCUT2D eigenvalue weighted by Gasteiger charge is 2.19. The van der Waals surface area contributed by atoms with Crippen LogP contribution in [0.25, 0.3) is 0 Å². The molecule has 1 atom stereocenters. The molecule has 0 spiro atoms. The molecule has 2 aliphatic rings. The number of benzene rings is 1. The molecule has 0 radical (unpaired) electrons. The quantitative estimate of drug-likeness (QED) is 0.781. The zero-order chi connectivity index (χ0) is 19.9. The molecule has 154 valence electrons. The maximum Gasteiger partial charge on any atom is 0.223 e. The lowest BCUT2D eigenvalue weighted by Crippen LogP contribution is -2.36. The van der Waals surface area contributed by atoms with E-state index in [1.165, 1.54) is 18.5 Å². The van der Waals surface area contributed by atoms with Crippen LogP contribution in [0, 0.1) is 5.92 Å². The van der Waals surface area contributed by atoms with Crippen LogP contribution < -0.4 is 15.1 Å². The summed E-state index contributed by atoms with van der Waals surface area (Å²) >= 11 is 0. The van der Waals surface area contributed by atoms with E-state index in [1.807, 2.05) is 12.1 Å². The highest BCUT2D eigenvalue weighted by molar-refractivity contribution is 5.92. The molecule has 0 saturated carbocycles. The summed E-state index contributed by atoms with van der Waals surface area (Å²) in [6.45, 7) is 7.75. The number of carbonyl (C=O) groups excluding carboxylic acids is 2. The van der Waals surface area contributed by atoms with Gasteiger partial charge in [0.1, 0.15) is 0 Å². The second kappa shape index (κ2) is 9.92. The van der Waals surface area contributed by atoms with Gasteiger partial charge in [0.2, 0.25) is 11.8 Å². The molecule has 1 N–H and O–H groups in total. The minimum absolute atomic E-state index is 0.0409. The predicted octanol–water partition coefficient (Wildman–Crippen LogP) is 2.96. The molecule has 1 unspecified atom stereocenters. The Morgan fingerprint density at radius 3 is 2.50 bits per heavy atom. The molecule has 6 heteroatoms. The summed E-state index contributed by atoms with van der Waals surface area (Å²) in [7, 11) is 0. The van der Waals surface area contributed by atoms with Crippen molar-refractivity contribution in [3.05, 3.63) is 24.3 Å². The molecular weight excluding hydrogens is 354 g/mol. The van der Waals surface area contributed by atoms with E-state index in [0.717, 1.165) is 44.1 Å². The number of hydrogen-bond acceptors (Lipinski definition) is 4. The second-order valence-electron chi connectivity index (χ2n) is 8.05. The van der Waals surface area contributed by atoms with E-state index in [2.05, 4.69) is 29.3 Å². The third-order valence-electron chi connectivity index (χ3n) is 5.80. The monoisotopic (exact) mass is 387 g/mol. The summed E-state index contributed by atoms with van der Waals surface area (Å²) in [5.74, 6) is 0.711. The van der Waals surface area contributed by atoms with Crippen molar-refractivity contribution >= 4 is 23.2 Å². The maximum absolute atomic E-state index is 12.1. The van der Waals surface area contributed by atoms with Crippen molar-refractivity contribution in [3.63, 3.8) is 0 Å². The minimum Gasteiger partial charge on any atom is -0.376 e. The number of ether oxygens (including phenoxy) is 1. The Kier molecular flexibility index (Phi) is 7.31. The molecular formula is C22H33N3O3. The van der Waals surface area contributed by atoms with Crippen molar-refractivity contribution in [3.8, 4) is 0 Å². The van der Waals surface area contributed by atoms with Gasteiger partial charge in [0.15, 0.2) is 0 Å². The Labute approximate surface area is 168 Å². The van der Waals surface area contributed by atoms with Gasteiger partial charge in [-0.2, -0.15) is 0 Å². The second-order valence-corrected chi connectivity index (χ2v) is 8.05. The number of anilines is 2. The normalized spacial score (nSPS) is 20.2. The van der Waals surface area contributed by atoms with Crippen molar-refractivity contribution in [2.45, 2.75) is 52.1 Å². The Hall–Kier alpha value is -2.08. The highest BCUT2D eigenvalue weighted by Crippen LogP contribution is 2.25. The van der Waals surface area contributed by atoms with E-state index in [9.17, 15) is 9.59 Å². The number of carbonyl (C=O) groups is 2. The van der Waals surface area contributed by atoms with Crippen LogP contribution in [0.1, 0.15) is 46.0 Å². The molecule has 1 aromatic carbocycles. The van der Waals surface area contributed by atoms with Gasteiger partial charge in [0, 0.05) is 57.5 Å². The molecule has 2 saturated heterocycles. The third kappa shape index (κ3) is 5.71. The van der Waals surface area contributed by atoms with Crippen molar-refractivity contribution in [2.75, 3.05) is 42.6 Å². The zero-order valence-electron chi connectivity index (χ0n) is 17.2. The molecule has 2 heterocycles. The molecule has 6 nitrogen and oxygen atoms in total. The summed E-state index contributed by atoms with van der Waals surface area (Å²) < 4.78 is 5.52. The molecule has 3 rings (SSSR count). The first-order valence-corrected chi connectivity index (χ1v) is 10.5. The summed E-state index contributed by atoms with van der Waals surface area (Å²) in [5.41, 5.74) is 2.04. The van der Waals surface area contributed by atoms with E-state index < -0.39 is 0 Å². The lowest BCUT2D eigenvalue weighted by molar-refractivity contribution is -0.121. The molecule has 0 bridgehead atoms. The maximum atomic E-state index is 12.1. The molecule has 2 amide bonds. The number of hydrogen-bond donors (Lipinski definition) is 1. The molecule has 0 aromatic heterocycles. The first-order valence-electron chi connectivity index (χ1n) is 10.5. The Bertz CT molecular complexity index is 647. The van der Waals surface area contributed by atoms with Crippen LogP contribution in [0.3, 0.4) is 0 Å². The molecule has 28 heavy (non-hydrogen) atoms. The highest BCUT2D eigenvalue weighted by atomic mass is 16.5. The summed E-state index contributed by atoms with van der Waals surface area (Å²) in [6, 6.07) is 8.13. The largest absolute Gasteiger partial charge is 0.376 e. The molecule has 1 aromatic rings. The third-order valence-corrected chi connectivity index (χ3v) is 5.80. The van der Waals surface area contributed by atoms with Crippen LogP contribution in [-0.4, -0.2) is 50.7 Å². The van der Waals surface area contributed by atoms with Gasteiger partial charge in [0.25, 0.3) is 0 Å². The molecule has 2 aliphatic heterocycles. The van der Waals surface area contributed by atoms with Crippen LogP contribution >= 0.6 is 0 Å². The van der Waals surface area contributed by atoms with E-state index in [-0.39, 0.29) is 24.3 Å². The zero-order valence-corrected chi connectivity index (χ0v) is 17.2. The van der Waals surface area contributed by atoms with Gasteiger partial charge in [-0.1, -0.05) is 6.92 Å². The minimum atomic E-state index is -0.0496. The lowest BCUT2D eigenvalue weighted by atomic mass is 9.99. The van der Waals surface area contributed by atoms with Crippen molar-refractivity contribution < 1.29 is 14.3 Å². The summed E-state index contributed by atoms with van der Waals surface area (Å²) in [6.07, 6.45) is 4.94. The lowest BCUT2D eigenvalue weighted by Gasteiger charge is -2.32. The smallest absolute Gasteiger partial charge is 0.223 e. The van der Waals surface area contributed by atoms with Crippen molar-refractivity contribution in [2.24, 2.45) is 5.92 Å². The molecule has 0 aliphatic carbocycles. The fourth-order valence-corrected chi connectivity index (χ4v) is 3.91. The summed E-state index contributed by atoms with van der Waals surface area (Å²) in [4.78, 5) is 28.3. The average molecular weight is 388 g/mol. The number of nitrogens with zero attached hydrogens (tertiary/aromatic N) is 2. The Morgan fingerprint density at radius 1 is 1.18 bits per heavy atom. The SMILES string of the molecule is CC(=O)N(CCC(=O)NCC1CCCO1)c1ccc(N2CCC(C)CC2)cc1. The van der Waals surface area contributed by atoms with Gasteiger partial charge in [-0.15, -0.1) is 0 Å². The van der Waals surface area contributed by atoms with Crippen LogP contribution in [-0.2, 0) is 14.3 Å². The van der Waals surface area contributed by atoms with Gasteiger partial charge in [-0.25, -0.2) is 0 Å². The van der Waals surface area contributed by atoms with Crippen LogP contribution in [0.2, 0.25) is 0 Å². The average Bonchev–Trinajstić information content (AvgIpc) is 3.21. The first kappa shape index (κ1) is 20.6. The Balaban J connectivity index is 1.51. The number of nitrogens with one attached hydrogen (secondary N) is 1. The Morgan fingerprint density at radius 2 is 1.89 bits per heavy atom. The standard InChI is InChI=1S/C22H33N3O3/c1-17-9-12-24(13-10-17)19-5-7-20(8-6-19)25(18(2)26)14-11-22(27)23-16-21-4-3-15-28-21/h5-8,17,21H,3-4,9-16H2,1-2H3,(H,23,27). The van der Waals surface area contributed by atoms with Crippen LogP contribution in [0.5, 0.6) is 0 Å². The summed E-state index contributed by atoms with van der Waals surface area (Å²) in [5, 5.41) is 2.92. The fraction of sp³-hybridized carbons (Fsp3) is 0.636. The van der Waals surface area contributed by atoms with Crippen LogP contribution in [0.4, 0.5) is 11.4 Å². The van der Waals surface area contributed by atoms with Crippen molar-refractivity contribution in [1.29, 1.82) is 0 Å². The van der Waals surface area contributed by atoms with E-state index in [1.54, 1.807) is 11.8 Å². The van der Waals surface area contributed by atoms with Crippen LogP contribution in [0.15, 0.2) is 24.3 Å². The molecule has 2 fully saturated rings. The predicted molar refractivity (Wildman–Crippen MR) is 112 cm³/mol. The van der Waals surface area contributed by atoms with Gasteiger partial charge in [0.05, 0.1) is 6.10 Å². The fourth-order valence-electron chi connectivity index (χ4n) is 3.91.